The van der Waals surface area contributed by atoms with Crippen LogP contribution in [0.5, 0.6) is 0 Å². The van der Waals surface area contributed by atoms with Crippen molar-refractivity contribution in [1.82, 2.24) is 35.3 Å². The van der Waals surface area contributed by atoms with E-state index in [1.807, 2.05) is 6.07 Å². The van der Waals surface area contributed by atoms with Gasteiger partial charge in [0.2, 0.25) is 0 Å². The lowest BCUT2D eigenvalue weighted by atomic mass is 10.1. The highest BCUT2D eigenvalue weighted by Gasteiger charge is 2.26. The molecule has 1 atom stereocenters. The molecule has 0 spiro atoms. The second-order valence-corrected chi connectivity index (χ2v) is 6.04. The zero-order valence-electron chi connectivity index (χ0n) is 13.8. The highest BCUT2D eigenvalue weighted by atomic mass is 19.1. The number of rotatable bonds is 4. The normalized spacial score (nSPS) is 18.6. The number of tetrazole rings is 1. The van der Waals surface area contributed by atoms with Crippen LogP contribution in [0, 0.1) is 5.82 Å². The van der Waals surface area contributed by atoms with Gasteiger partial charge in [-0.25, -0.2) is 9.07 Å². The van der Waals surface area contributed by atoms with Gasteiger partial charge in [-0.15, -0.1) is 5.10 Å². The topological polar surface area (TPSA) is 84.8 Å². The molecule has 1 aliphatic heterocycles. The Hall–Kier alpha value is -2.65. The molecule has 0 amide bonds. The zero-order chi connectivity index (χ0) is 17.2. The van der Waals surface area contributed by atoms with Gasteiger partial charge in [0.15, 0.2) is 5.82 Å². The van der Waals surface area contributed by atoms with Crippen LogP contribution < -0.4 is 0 Å². The molecule has 130 valence electrons. The summed E-state index contributed by atoms with van der Waals surface area (Å²) in [5, 5.41) is 18.7. The minimum atomic E-state index is -0.265. The number of morpholine rings is 1. The molecule has 0 aliphatic carbocycles. The summed E-state index contributed by atoms with van der Waals surface area (Å²) in [7, 11) is 1.80. The van der Waals surface area contributed by atoms with Gasteiger partial charge in [-0.05, 0) is 22.6 Å². The van der Waals surface area contributed by atoms with Crippen LogP contribution >= 0.6 is 0 Å². The highest BCUT2D eigenvalue weighted by Crippen LogP contribution is 2.25. The predicted molar refractivity (Wildman–Crippen MR) is 86.7 cm³/mol. The van der Waals surface area contributed by atoms with Crippen molar-refractivity contribution in [2.75, 3.05) is 19.7 Å². The Morgan fingerprint density at radius 3 is 3.12 bits per heavy atom. The van der Waals surface area contributed by atoms with Gasteiger partial charge in [0.1, 0.15) is 11.9 Å². The Bertz CT molecular complexity index is 862. The summed E-state index contributed by atoms with van der Waals surface area (Å²) in [6.07, 6.45) is 1.62. The average Bonchev–Trinajstić information content (AvgIpc) is 3.24. The number of hydrogen-bond donors (Lipinski definition) is 1. The predicted octanol–water partition coefficient (Wildman–Crippen LogP) is 1.31. The first-order valence-corrected chi connectivity index (χ1v) is 8.05. The Balaban J connectivity index is 1.51. The number of halogens is 1. The largest absolute Gasteiger partial charge is 0.367 e. The number of aromatic nitrogens is 6. The third-order valence-corrected chi connectivity index (χ3v) is 4.32. The minimum Gasteiger partial charge on any atom is -0.367 e. The number of H-pyrrole nitrogens is 1. The summed E-state index contributed by atoms with van der Waals surface area (Å²) in [6.45, 7) is 2.77. The van der Waals surface area contributed by atoms with E-state index in [2.05, 4.69) is 30.6 Å². The van der Waals surface area contributed by atoms with Crippen LogP contribution in [-0.2, 0) is 18.3 Å². The summed E-state index contributed by atoms with van der Waals surface area (Å²) < 4.78 is 20.9. The van der Waals surface area contributed by atoms with E-state index < -0.39 is 0 Å². The molecule has 1 fully saturated rings. The Labute approximate surface area is 143 Å². The molecular weight excluding hydrogens is 325 g/mol. The van der Waals surface area contributed by atoms with E-state index in [-0.39, 0.29) is 11.9 Å². The van der Waals surface area contributed by atoms with E-state index in [9.17, 15) is 4.39 Å². The van der Waals surface area contributed by atoms with Gasteiger partial charge in [-0.2, -0.15) is 5.10 Å². The van der Waals surface area contributed by atoms with Crippen molar-refractivity contribution in [2.24, 2.45) is 7.05 Å². The van der Waals surface area contributed by atoms with E-state index in [0.29, 0.717) is 25.5 Å². The van der Waals surface area contributed by atoms with E-state index in [1.54, 1.807) is 24.0 Å². The van der Waals surface area contributed by atoms with Gasteiger partial charge in [-0.1, -0.05) is 12.1 Å². The van der Waals surface area contributed by atoms with Crippen molar-refractivity contribution >= 4 is 0 Å². The molecule has 1 saturated heterocycles. The molecule has 0 saturated carbocycles. The molecular formula is C16H18FN7O. The van der Waals surface area contributed by atoms with Gasteiger partial charge in [-0.3, -0.25) is 10.00 Å². The lowest BCUT2D eigenvalue weighted by Gasteiger charge is -2.31. The summed E-state index contributed by atoms with van der Waals surface area (Å²) in [5.41, 5.74) is 2.64. The number of aryl methyl sites for hydroxylation is 1. The first-order valence-electron chi connectivity index (χ1n) is 8.05. The summed E-state index contributed by atoms with van der Waals surface area (Å²) in [4.78, 5) is 2.26. The van der Waals surface area contributed by atoms with Gasteiger partial charge < -0.3 is 4.74 Å². The maximum Gasteiger partial charge on any atom is 0.181 e. The molecule has 0 bridgehead atoms. The van der Waals surface area contributed by atoms with Crippen LogP contribution in [0.2, 0.25) is 0 Å². The minimum absolute atomic E-state index is 0.168. The second-order valence-electron chi connectivity index (χ2n) is 6.04. The number of ether oxygens (including phenoxy) is 1. The molecule has 1 aliphatic rings. The Morgan fingerprint density at radius 1 is 1.40 bits per heavy atom. The zero-order valence-corrected chi connectivity index (χ0v) is 13.8. The van der Waals surface area contributed by atoms with Crippen molar-refractivity contribution < 1.29 is 9.13 Å². The SMILES string of the molecule is Cn1nnnc1C1CN(Cc2cn[nH]c2-c2cccc(F)c2)CCO1. The Kier molecular flexibility index (Phi) is 4.24. The van der Waals surface area contributed by atoms with Crippen molar-refractivity contribution in [1.29, 1.82) is 0 Å². The van der Waals surface area contributed by atoms with Gasteiger partial charge >= 0.3 is 0 Å². The highest BCUT2D eigenvalue weighted by molar-refractivity contribution is 5.62. The van der Waals surface area contributed by atoms with Crippen molar-refractivity contribution in [3.05, 3.63) is 47.7 Å². The van der Waals surface area contributed by atoms with Crippen LogP contribution in [0.25, 0.3) is 11.3 Å². The van der Waals surface area contributed by atoms with Crippen LogP contribution in [-0.4, -0.2) is 55.0 Å². The standard InChI is InChI=1S/C16H18FN7O/c1-23-16(20-21-22-23)14-10-24(5-6-25-14)9-12-8-18-19-15(12)11-3-2-4-13(17)7-11/h2-4,7-8,14H,5-6,9-10H2,1H3,(H,18,19). The average molecular weight is 343 g/mol. The fourth-order valence-electron chi connectivity index (χ4n) is 3.08. The number of nitrogens with zero attached hydrogens (tertiary/aromatic N) is 6. The molecule has 3 aromatic rings. The van der Waals surface area contributed by atoms with Gasteiger partial charge in [0, 0.05) is 37.8 Å². The Morgan fingerprint density at radius 2 is 2.32 bits per heavy atom. The molecule has 1 aromatic carbocycles. The molecule has 0 radical (unpaired) electrons. The number of hydrogen-bond acceptors (Lipinski definition) is 6. The molecule has 1 N–H and O–H groups in total. The summed E-state index contributed by atoms with van der Waals surface area (Å²) in [6, 6.07) is 6.50. The number of aromatic amines is 1. The second kappa shape index (κ2) is 6.69. The van der Waals surface area contributed by atoms with Crippen molar-refractivity contribution in [2.45, 2.75) is 12.6 Å². The number of nitrogens with one attached hydrogen (secondary N) is 1. The number of benzene rings is 1. The maximum absolute atomic E-state index is 13.5. The van der Waals surface area contributed by atoms with Crippen molar-refractivity contribution in [3.8, 4) is 11.3 Å². The lowest BCUT2D eigenvalue weighted by Crippen LogP contribution is -2.38. The molecule has 9 heteroatoms. The fourth-order valence-corrected chi connectivity index (χ4v) is 3.08. The van der Waals surface area contributed by atoms with E-state index >= 15 is 0 Å². The smallest absolute Gasteiger partial charge is 0.181 e. The first-order chi connectivity index (χ1) is 12.2. The third kappa shape index (κ3) is 3.28. The van der Waals surface area contributed by atoms with Gasteiger partial charge in [0.25, 0.3) is 0 Å². The fraction of sp³-hybridized carbons (Fsp3) is 0.375. The summed E-state index contributed by atoms with van der Waals surface area (Å²) >= 11 is 0. The van der Waals surface area contributed by atoms with Gasteiger partial charge in [0.05, 0.1) is 18.5 Å². The third-order valence-electron chi connectivity index (χ3n) is 4.32. The van der Waals surface area contributed by atoms with E-state index in [0.717, 1.165) is 23.4 Å². The van der Waals surface area contributed by atoms with Crippen molar-refractivity contribution in [3.63, 3.8) is 0 Å². The van der Waals surface area contributed by atoms with Crippen LogP contribution in [0.1, 0.15) is 17.5 Å². The maximum atomic E-state index is 13.5. The van der Waals surface area contributed by atoms with E-state index in [4.69, 9.17) is 4.74 Å². The molecule has 25 heavy (non-hydrogen) atoms. The molecule has 1 unspecified atom stereocenters. The molecule has 4 rings (SSSR count). The molecule has 2 aromatic heterocycles. The first kappa shape index (κ1) is 15.9. The van der Waals surface area contributed by atoms with Crippen LogP contribution in [0.3, 0.4) is 0 Å². The lowest BCUT2D eigenvalue weighted by molar-refractivity contribution is -0.0388. The molecule has 3 heterocycles. The van der Waals surface area contributed by atoms with Crippen LogP contribution in [0.15, 0.2) is 30.5 Å². The van der Waals surface area contributed by atoms with Crippen LogP contribution in [0.4, 0.5) is 4.39 Å². The quantitative estimate of drug-likeness (QED) is 0.769. The van der Waals surface area contributed by atoms with E-state index in [1.165, 1.54) is 12.1 Å². The molecule has 8 nitrogen and oxygen atoms in total. The monoisotopic (exact) mass is 343 g/mol. The summed E-state index contributed by atoms with van der Waals surface area (Å²) in [5.74, 6) is 0.446.